The molecule has 0 spiro atoms. The molecule has 2 saturated heterocycles. The van der Waals surface area contributed by atoms with Crippen LogP contribution in [0.15, 0.2) is 41.8 Å². The zero-order chi connectivity index (χ0) is 20.4. The lowest BCUT2D eigenvalue weighted by Crippen LogP contribution is -2.54. The van der Waals surface area contributed by atoms with E-state index in [0.717, 1.165) is 48.9 Å². The van der Waals surface area contributed by atoms with Crippen molar-refractivity contribution in [1.82, 2.24) is 9.80 Å². The first-order valence-electron chi connectivity index (χ1n) is 10.5. The average Bonchev–Trinajstić information content (AvgIpc) is 3.28. The summed E-state index contributed by atoms with van der Waals surface area (Å²) in [6.07, 6.45) is 1.04. The Morgan fingerprint density at radius 1 is 1.10 bits per heavy atom. The molecule has 2 aromatic rings. The molecular formula is C23H29N3O2S. The zero-order valence-electron chi connectivity index (χ0n) is 17.2. The molecule has 2 amide bonds. The topological polar surface area (TPSA) is 43.9 Å². The van der Waals surface area contributed by atoms with Crippen LogP contribution in [0, 0.1) is 12.8 Å². The number of amides is 2. The molecule has 154 valence electrons. The van der Waals surface area contributed by atoms with E-state index in [9.17, 15) is 9.59 Å². The highest BCUT2D eigenvalue weighted by Gasteiger charge is 2.43. The number of anilines is 1. The Kier molecular flexibility index (Phi) is 6.01. The Labute approximate surface area is 176 Å². The number of piperidine rings is 1. The summed E-state index contributed by atoms with van der Waals surface area (Å²) in [5.41, 5.74) is 2.04. The fourth-order valence-electron chi connectivity index (χ4n) is 4.46. The van der Waals surface area contributed by atoms with Crippen LogP contribution in [0.1, 0.15) is 36.2 Å². The Hall–Kier alpha value is -2.18. The minimum Gasteiger partial charge on any atom is -0.340 e. The molecule has 0 aliphatic carbocycles. The number of benzene rings is 1. The van der Waals surface area contributed by atoms with Crippen LogP contribution in [-0.4, -0.2) is 54.3 Å². The number of hydrogen-bond acceptors (Lipinski definition) is 4. The van der Waals surface area contributed by atoms with Crippen molar-refractivity contribution in [2.75, 3.05) is 37.6 Å². The number of carbonyl (C=O) groups excluding carboxylic acids is 2. The second-order valence-electron chi connectivity index (χ2n) is 7.96. The summed E-state index contributed by atoms with van der Waals surface area (Å²) in [6.45, 7) is 8.65. The first kappa shape index (κ1) is 20.1. The highest BCUT2D eigenvalue weighted by Crippen LogP contribution is 2.42. The van der Waals surface area contributed by atoms with E-state index in [1.807, 2.05) is 52.4 Å². The number of carbonyl (C=O) groups is 2. The predicted molar refractivity (Wildman–Crippen MR) is 117 cm³/mol. The van der Waals surface area contributed by atoms with E-state index >= 15 is 0 Å². The molecule has 1 aromatic heterocycles. The minimum absolute atomic E-state index is 0.104. The molecule has 0 radical (unpaired) electrons. The molecule has 0 N–H and O–H groups in total. The van der Waals surface area contributed by atoms with Gasteiger partial charge in [0.2, 0.25) is 11.8 Å². The molecule has 0 bridgehead atoms. The molecule has 2 unspecified atom stereocenters. The molecule has 1 aromatic carbocycles. The number of thiophene rings is 1. The van der Waals surface area contributed by atoms with Gasteiger partial charge in [0.1, 0.15) is 0 Å². The highest BCUT2D eigenvalue weighted by molar-refractivity contribution is 7.10. The summed E-state index contributed by atoms with van der Waals surface area (Å²) >= 11 is 1.63. The molecule has 4 rings (SSSR count). The quantitative estimate of drug-likeness (QED) is 0.770. The Morgan fingerprint density at radius 2 is 1.83 bits per heavy atom. The van der Waals surface area contributed by atoms with Crippen LogP contribution in [0.4, 0.5) is 5.69 Å². The molecular weight excluding hydrogens is 382 g/mol. The molecule has 5 nitrogen and oxygen atoms in total. The number of nitrogens with zero attached hydrogens (tertiary/aromatic N) is 3. The largest absolute Gasteiger partial charge is 0.340 e. The molecule has 0 saturated carbocycles. The second-order valence-corrected chi connectivity index (χ2v) is 8.94. The summed E-state index contributed by atoms with van der Waals surface area (Å²) in [5, 5.41) is 2.03. The maximum absolute atomic E-state index is 13.6. The fourth-order valence-corrected chi connectivity index (χ4v) is 5.35. The van der Waals surface area contributed by atoms with E-state index in [2.05, 4.69) is 17.9 Å². The SMILES string of the molecule is CCN1CCN(C(=O)C2CCC(=O)N(c3ccc(C)cc3)C2c2cccs2)CC1. The third-order valence-corrected chi connectivity index (χ3v) is 7.14. The molecule has 3 heterocycles. The number of piperazine rings is 1. The van der Waals surface area contributed by atoms with Gasteiger partial charge in [0.05, 0.1) is 12.0 Å². The second kappa shape index (κ2) is 8.67. The van der Waals surface area contributed by atoms with E-state index < -0.39 is 0 Å². The highest BCUT2D eigenvalue weighted by atomic mass is 32.1. The van der Waals surface area contributed by atoms with Crippen molar-refractivity contribution in [3.63, 3.8) is 0 Å². The zero-order valence-corrected chi connectivity index (χ0v) is 18.0. The fraction of sp³-hybridized carbons (Fsp3) is 0.478. The van der Waals surface area contributed by atoms with Gasteiger partial charge in [-0.05, 0) is 43.5 Å². The van der Waals surface area contributed by atoms with Crippen molar-refractivity contribution in [1.29, 1.82) is 0 Å². The van der Waals surface area contributed by atoms with Crippen LogP contribution in [0.2, 0.25) is 0 Å². The maximum atomic E-state index is 13.6. The van der Waals surface area contributed by atoms with Crippen molar-refractivity contribution in [2.24, 2.45) is 5.92 Å². The van der Waals surface area contributed by atoms with Gasteiger partial charge >= 0.3 is 0 Å². The van der Waals surface area contributed by atoms with Gasteiger partial charge in [-0.1, -0.05) is 30.7 Å². The average molecular weight is 412 g/mol. The minimum atomic E-state index is -0.226. The van der Waals surface area contributed by atoms with E-state index in [4.69, 9.17) is 0 Å². The van der Waals surface area contributed by atoms with Gasteiger partial charge in [0.15, 0.2) is 0 Å². The molecule has 2 aliphatic heterocycles. The number of aryl methyl sites for hydroxylation is 1. The lowest BCUT2D eigenvalue weighted by Gasteiger charge is -2.43. The molecule has 29 heavy (non-hydrogen) atoms. The lowest BCUT2D eigenvalue weighted by molar-refractivity contribution is -0.140. The monoisotopic (exact) mass is 411 g/mol. The predicted octanol–water partition coefficient (Wildman–Crippen LogP) is 3.70. The van der Waals surface area contributed by atoms with Crippen molar-refractivity contribution < 1.29 is 9.59 Å². The van der Waals surface area contributed by atoms with Crippen LogP contribution in [0.3, 0.4) is 0 Å². The van der Waals surface area contributed by atoms with Crippen molar-refractivity contribution in [2.45, 2.75) is 32.7 Å². The van der Waals surface area contributed by atoms with Crippen LogP contribution < -0.4 is 4.90 Å². The maximum Gasteiger partial charge on any atom is 0.228 e. The summed E-state index contributed by atoms with van der Waals surface area (Å²) in [4.78, 5) is 33.9. The van der Waals surface area contributed by atoms with Gasteiger partial charge in [-0.3, -0.25) is 9.59 Å². The lowest BCUT2D eigenvalue weighted by atomic mass is 9.85. The summed E-state index contributed by atoms with van der Waals surface area (Å²) in [7, 11) is 0. The van der Waals surface area contributed by atoms with Gasteiger partial charge in [0, 0.05) is 43.2 Å². The number of rotatable bonds is 4. The third kappa shape index (κ3) is 4.09. The van der Waals surface area contributed by atoms with E-state index in [1.165, 1.54) is 0 Å². The van der Waals surface area contributed by atoms with Crippen molar-refractivity contribution in [3.8, 4) is 0 Å². The first-order chi connectivity index (χ1) is 14.1. The summed E-state index contributed by atoms with van der Waals surface area (Å²) in [6, 6.07) is 11.9. The van der Waals surface area contributed by atoms with Crippen molar-refractivity contribution >= 4 is 28.8 Å². The Bertz CT molecular complexity index is 842. The standard InChI is InChI=1S/C23H29N3O2S/c1-3-24-12-14-25(15-13-24)23(28)19-10-11-21(27)26(18-8-6-17(2)7-9-18)22(19)20-5-4-16-29-20/h4-9,16,19,22H,3,10-15H2,1-2H3. The normalized spacial score (nSPS) is 23.4. The third-order valence-electron chi connectivity index (χ3n) is 6.19. The van der Waals surface area contributed by atoms with Gasteiger partial charge in [-0.15, -0.1) is 11.3 Å². The number of hydrogen-bond donors (Lipinski definition) is 0. The van der Waals surface area contributed by atoms with Gasteiger partial charge < -0.3 is 14.7 Å². The Balaban J connectivity index is 1.65. The Morgan fingerprint density at radius 3 is 2.45 bits per heavy atom. The van der Waals surface area contributed by atoms with E-state index in [1.54, 1.807) is 11.3 Å². The van der Waals surface area contributed by atoms with E-state index in [-0.39, 0.29) is 23.8 Å². The van der Waals surface area contributed by atoms with E-state index in [0.29, 0.717) is 12.8 Å². The van der Waals surface area contributed by atoms with Crippen LogP contribution in [-0.2, 0) is 9.59 Å². The van der Waals surface area contributed by atoms with Crippen LogP contribution in [0.25, 0.3) is 0 Å². The van der Waals surface area contributed by atoms with Gasteiger partial charge in [0.25, 0.3) is 0 Å². The molecule has 2 atom stereocenters. The van der Waals surface area contributed by atoms with Gasteiger partial charge in [-0.25, -0.2) is 0 Å². The summed E-state index contributed by atoms with van der Waals surface area (Å²) < 4.78 is 0. The molecule has 6 heteroatoms. The van der Waals surface area contributed by atoms with Gasteiger partial charge in [-0.2, -0.15) is 0 Å². The molecule has 2 aliphatic rings. The van der Waals surface area contributed by atoms with Crippen LogP contribution in [0.5, 0.6) is 0 Å². The summed E-state index contributed by atoms with van der Waals surface area (Å²) in [5.74, 6) is 0.108. The van der Waals surface area contributed by atoms with Crippen LogP contribution >= 0.6 is 11.3 Å². The number of likely N-dealkylation sites (N-methyl/N-ethyl adjacent to an activating group) is 1. The smallest absolute Gasteiger partial charge is 0.228 e. The molecule has 2 fully saturated rings. The van der Waals surface area contributed by atoms with Crippen molar-refractivity contribution in [3.05, 3.63) is 52.2 Å². The first-order valence-corrected chi connectivity index (χ1v) is 11.4.